The van der Waals surface area contributed by atoms with Crippen LogP contribution in [0.2, 0.25) is 5.02 Å². The molecular formula is C11H17ClN2S. The van der Waals surface area contributed by atoms with E-state index in [0.717, 1.165) is 24.4 Å². The molecule has 0 amide bonds. The average Bonchev–Trinajstić information content (AvgIpc) is 2.64. The summed E-state index contributed by atoms with van der Waals surface area (Å²) in [5.41, 5.74) is 5.86. The summed E-state index contributed by atoms with van der Waals surface area (Å²) in [5.74, 6) is 0. The summed E-state index contributed by atoms with van der Waals surface area (Å²) < 4.78 is 0. The molecule has 1 heterocycles. The second kappa shape index (κ2) is 5.30. The number of halogens is 1. The van der Waals surface area contributed by atoms with Gasteiger partial charge in [-0.3, -0.25) is 0 Å². The molecule has 84 valence electrons. The van der Waals surface area contributed by atoms with Crippen molar-refractivity contribution in [2.24, 2.45) is 5.73 Å². The van der Waals surface area contributed by atoms with E-state index in [-0.39, 0.29) is 0 Å². The highest BCUT2D eigenvalue weighted by atomic mass is 35.5. The molecule has 2 nitrogen and oxygen atoms in total. The molecule has 0 aromatic carbocycles. The summed E-state index contributed by atoms with van der Waals surface area (Å²) in [6.45, 7) is 0.942. The zero-order valence-corrected chi connectivity index (χ0v) is 10.3. The number of nitrogens with two attached hydrogens (primary N) is 1. The molecular weight excluding hydrogens is 228 g/mol. The van der Waals surface area contributed by atoms with Crippen molar-refractivity contribution in [2.75, 3.05) is 0 Å². The van der Waals surface area contributed by atoms with Crippen LogP contribution in [0.5, 0.6) is 0 Å². The van der Waals surface area contributed by atoms with Crippen molar-refractivity contribution in [1.82, 2.24) is 5.32 Å². The maximum absolute atomic E-state index is 5.87. The molecule has 1 fully saturated rings. The molecule has 0 bridgehead atoms. The van der Waals surface area contributed by atoms with Crippen molar-refractivity contribution in [2.45, 2.75) is 44.3 Å². The SMILES string of the molecule is NC1CCC(NCc2cc(Cl)cs2)CC1. The molecule has 1 aromatic rings. The lowest BCUT2D eigenvalue weighted by Gasteiger charge is -2.26. The molecule has 3 N–H and O–H groups in total. The van der Waals surface area contributed by atoms with Gasteiger partial charge in [-0.25, -0.2) is 0 Å². The normalized spacial score (nSPS) is 26.8. The number of nitrogens with one attached hydrogen (secondary N) is 1. The highest BCUT2D eigenvalue weighted by Crippen LogP contribution is 2.21. The molecule has 1 aliphatic carbocycles. The first kappa shape index (κ1) is 11.4. The smallest absolute Gasteiger partial charge is 0.0516 e. The van der Waals surface area contributed by atoms with Crippen LogP contribution in [-0.4, -0.2) is 12.1 Å². The van der Waals surface area contributed by atoms with E-state index in [4.69, 9.17) is 17.3 Å². The molecule has 15 heavy (non-hydrogen) atoms. The van der Waals surface area contributed by atoms with Crippen LogP contribution in [-0.2, 0) is 6.54 Å². The fourth-order valence-corrected chi connectivity index (χ4v) is 3.04. The van der Waals surface area contributed by atoms with E-state index in [1.165, 1.54) is 17.7 Å². The van der Waals surface area contributed by atoms with Gasteiger partial charge in [-0.2, -0.15) is 0 Å². The maximum Gasteiger partial charge on any atom is 0.0516 e. The van der Waals surface area contributed by atoms with Crippen molar-refractivity contribution in [3.63, 3.8) is 0 Å². The molecule has 0 aliphatic heterocycles. The summed E-state index contributed by atoms with van der Waals surface area (Å²) in [6, 6.07) is 3.11. The summed E-state index contributed by atoms with van der Waals surface area (Å²) in [4.78, 5) is 1.31. The summed E-state index contributed by atoms with van der Waals surface area (Å²) in [5, 5.41) is 6.40. The summed E-state index contributed by atoms with van der Waals surface area (Å²) in [7, 11) is 0. The Kier molecular flexibility index (Phi) is 4.03. The number of rotatable bonds is 3. The second-order valence-electron chi connectivity index (χ2n) is 4.22. The monoisotopic (exact) mass is 244 g/mol. The van der Waals surface area contributed by atoms with Gasteiger partial charge in [-0.05, 0) is 31.7 Å². The Morgan fingerprint density at radius 2 is 2.13 bits per heavy atom. The van der Waals surface area contributed by atoms with Gasteiger partial charge >= 0.3 is 0 Å². The van der Waals surface area contributed by atoms with Gasteiger partial charge in [0, 0.05) is 28.9 Å². The first-order chi connectivity index (χ1) is 7.24. The molecule has 0 radical (unpaired) electrons. The number of hydrogen-bond donors (Lipinski definition) is 2. The molecule has 0 atom stereocenters. The number of hydrogen-bond acceptors (Lipinski definition) is 3. The molecule has 0 unspecified atom stereocenters. The number of thiophene rings is 1. The third-order valence-electron chi connectivity index (χ3n) is 2.96. The summed E-state index contributed by atoms with van der Waals surface area (Å²) in [6.07, 6.45) is 4.73. The van der Waals surface area contributed by atoms with Crippen molar-refractivity contribution >= 4 is 22.9 Å². The standard InChI is InChI=1S/C11H17ClN2S/c12-8-5-11(15-7-8)6-14-10-3-1-9(13)2-4-10/h5,7,9-10,14H,1-4,6,13H2. The fourth-order valence-electron chi connectivity index (χ4n) is 2.01. The Morgan fingerprint density at radius 1 is 1.40 bits per heavy atom. The quantitative estimate of drug-likeness (QED) is 0.858. The Hall–Kier alpha value is -0.0900. The Morgan fingerprint density at radius 3 is 2.73 bits per heavy atom. The first-order valence-corrected chi connectivity index (χ1v) is 6.71. The van der Waals surface area contributed by atoms with Gasteiger partial charge in [0.1, 0.15) is 0 Å². The lowest BCUT2D eigenvalue weighted by Crippen LogP contribution is -2.36. The lowest BCUT2D eigenvalue weighted by atomic mass is 9.92. The predicted molar refractivity (Wildman–Crippen MR) is 66.4 cm³/mol. The Labute approximate surface area is 99.8 Å². The zero-order chi connectivity index (χ0) is 10.7. The highest BCUT2D eigenvalue weighted by molar-refractivity contribution is 7.10. The van der Waals surface area contributed by atoms with Crippen LogP contribution in [0.1, 0.15) is 30.6 Å². The molecule has 0 spiro atoms. The maximum atomic E-state index is 5.87. The highest BCUT2D eigenvalue weighted by Gasteiger charge is 2.17. The van der Waals surface area contributed by atoms with E-state index in [0.29, 0.717) is 12.1 Å². The van der Waals surface area contributed by atoms with Crippen LogP contribution in [0, 0.1) is 0 Å². The first-order valence-electron chi connectivity index (χ1n) is 5.46. The topological polar surface area (TPSA) is 38.0 Å². The summed E-state index contributed by atoms with van der Waals surface area (Å²) >= 11 is 7.59. The van der Waals surface area contributed by atoms with Gasteiger partial charge in [0.25, 0.3) is 0 Å². The Bertz CT molecular complexity index is 305. The predicted octanol–water partition coefficient (Wildman–Crippen LogP) is 2.76. The minimum Gasteiger partial charge on any atom is -0.328 e. The van der Waals surface area contributed by atoms with Crippen molar-refractivity contribution in [3.05, 3.63) is 21.3 Å². The second-order valence-corrected chi connectivity index (χ2v) is 5.66. The van der Waals surface area contributed by atoms with E-state index >= 15 is 0 Å². The lowest BCUT2D eigenvalue weighted by molar-refractivity contribution is 0.342. The van der Waals surface area contributed by atoms with E-state index in [2.05, 4.69) is 5.32 Å². The molecule has 4 heteroatoms. The minimum absolute atomic E-state index is 0.430. The van der Waals surface area contributed by atoms with Crippen LogP contribution >= 0.6 is 22.9 Å². The van der Waals surface area contributed by atoms with Crippen molar-refractivity contribution in [1.29, 1.82) is 0 Å². The third-order valence-corrected chi connectivity index (χ3v) is 4.24. The molecule has 1 saturated carbocycles. The fraction of sp³-hybridized carbons (Fsp3) is 0.636. The van der Waals surface area contributed by atoms with Gasteiger partial charge in [0.05, 0.1) is 5.02 Å². The van der Waals surface area contributed by atoms with Crippen LogP contribution in [0.25, 0.3) is 0 Å². The van der Waals surface area contributed by atoms with Gasteiger partial charge < -0.3 is 11.1 Å². The largest absolute Gasteiger partial charge is 0.328 e. The van der Waals surface area contributed by atoms with Crippen molar-refractivity contribution < 1.29 is 0 Å². The zero-order valence-electron chi connectivity index (χ0n) is 8.71. The molecule has 1 aromatic heterocycles. The van der Waals surface area contributed by atoms with Gasteiger partial charge in [0.2, 0.25) is 0 Å². The van der Waals surface area contributed by atoms with E-state index in [1.54, 1.807) is 11.3 Å². The van der Waals surface area contributed by atoms with E-state index in [9.17, 15) is 0 Å². The third kappa shape index (κ3) is 3.45. The van der Waals surface area contributed by atoms with Gasteiger partial charge in [0.15, 0.2) is 0 Å². The van der Waals surface area contributed by atoms with E-state index < -0.39 is 0 Å². The average molecular weight is 245 g/mol. The minimum atomic E-state index is 0.430. The molecule has 1 aliphatic rings. The Balaban J connectivity index is 1.74. The van der Waals surface area contributed by atoms with Crippen molar-refractivity contribution in [3.8, 4) is 0 Å². The van der Waals surface area contributed by atoms with Crippen LogP contribution in [0.4, 0.5) is 0 Å². The van der Waals surface area contributed by atoms with Crippen LogP contribution in [0.3, 0.4) is 0 Å². The van der Waals surface area contributed by atoms with Gasteiger partial charge in [-0.1, -0.05) is 11.6 Å². The van der Waals surface area contributed by atoms with Crippen LogP contribution in [0.15, 0.2) is 11.4 Å². The van der Waals surface area contributed by atoms with Crippen LogP contribution < -0.4 is 11.1 Å². The molecule has 2 rings (SSSR count). The van der Waals surface area contributed by atoms with Gasteiger partial charge in [-0.15, -0.1) is 11.3 Å². The molecule has 0 saturated heterocycles. The van der Waals surface area contributed by atoms with E-state index in [1.807, 2.05) is 11.4 Å².